The molecule has 1 fully saturated rings. The highest BCUT2D eigenvalue weighted by atomic mass is 32.3. The standard InChI is InChI=1S/C47H82O12S/c1-3-5-7-9-11-13-15-17-19-20-21-23-25-27-29-31-33-35-37-55-39-41(40-56-47-45(51)46(59-60(52,53)54)44(50)42(38-48)58-47)57-43(49)36-34-32-30-28-26-24-22-18-16-14-12-10-8-6-4-2/h6,8,12,14,18,22,26,28,32,34,41-42,44-48,50-51H,3-5,7,9-11,13,15-17,19-21,23-25,27,29-31,33,35-40H2,1-2H3,(H,52,53,54)/b8-6-,14-12-,22-18-,28-26-,34-32-. The molecule has 0 saturated carbocycles. The van der Waals surface area contributed by atoms with E-state index in [0.29, 0.717) is 13.0 Å². The van der Waals surface area contributed by atoms with E-state index in [1.165, 1.54) is 96.3 Å². The molecule has 0 bridgehead atoms. The summed E-state index contributed by atoms with van der Waals surface area (Å²) in [6, 6.07) is 0. The van der Waals surface area contributed by atoms with Crippen LogP contribution in [0.5, 0.6) is 0 Å². The molecule has 1 aliphatic rings. The summed E-state index contributed by atoms with van der Waals surface area (Å²) < 4.78 is 58.9. The van der Waals surface area contributed by atoms with Crippen molar-refractivity contribution in [1.29, 1.82) is 0 Å². The van der Waals surface area contributed by atoms with Gasteiger partial charge < -0.3 is 34.3 Å². The van der Waals surface area contributed by atoms with Crippen LogP contribution in [-0.4, -0.2) is 97.5 Å². The van der Waals surface area contributed by atoms with Gasteiger partial charge in [-0.25, -0.2) is 4.18 Å². The molecule has 0 aliphatic carbocycles. The summed E-state index contributed by atoms with van der Waals surface area (Å²) in [5, 5.41) is 30.6. The quantitative estimate of drug-likeness (QED) is 0.0199. The second-order valence-corrected chi connectivity index (χ2v) is 16.7. The topological polar surface area (TPSA) is 178 Å². The molecular formula is C47H82O12S. The number of aliphatic hydroxyl groups excluding tert-OH is 3. The predicted octanol–water partition coefficient (Wildman–Crippen LogP) is 9.74. The van der Waals surface area contributed by atoms with E-state index < -0.39 is 59.8 Å². The van der Waals surface area contributed by atoms with Crippen molar-refractivity contribution in [2.45, 2.75) is 205 Å². The highest BCUT2D eigenvalue weighted by Gasteiger charge is 2.48. The molecule has 0 aromatic rings. The Balaban J connectivity index is 2.46. The van der Waals surface area contributed by atoms with Gasteiger partial charge in [-0.1, -0.05) is 184 Å². The predicted molar refractivity (Wildman–Crippen MR) is 239 cm³/mol. The van der Waals surface area contributed by atoms with Crippen LogP contribution in [0.25, 0.3) is 0 Å². The van der Waals surface area contributed by atoms with Crippen molar-refractivity contribution < 1.29 is 56.2 Å². The Morgan fingerprint density at radius 3 is 1.53 bits per heavy atom. The third kappa shape index (κ3) is 31.6. The van der Waals surface area contributed by atoms with E-state index in [1.807, 2.05) is 12.2 Å². The third-order valence-corrected chi connectivity index (χ3v) is 10.7. The van der Waals surface area contributed by atoms with E-state index in [1.54, 1.807) is 6.08 Å². The Morgan fingerprint density at radius 2 is 1.08 bits per heavy atom. The Bertz CT molecular complexity index is 1280. The molecule has 0 spiro atoms. The molecule has 1 aliphatic heterocycles. The highest BCUT2D eigenvalue weighted by molar-refractivity contribution is 7.80. The van der Waals surface area contributed by atoms with Gasteiger partial charge in [-0.05, 0) is 38.5 Å². The zero-order valence-electron chi connectivity index (χ0n) is 37.0. The second-order valence-electron chi connectivity index (χ2n) is 15.6. The van der Waals surface area contributed by atoms with Gasteiger partial charge in [0.15, 0.2) is 6.29 Å². The molecule has 1 heterocycles. The number of esters is 1. The number of hydrogen-bond donors (Lipinski definition) is 4. The molecule has 6 atom stereocenters. The molecular weight excluding hydrogens is 789 g/mol. The number of carbonyl (C=O) groups excluding carboxylic acids is 1. The lowest BCUT2D eigenvalue weighted by molar-refractivity contribution is -0.301. The Hall–Kier alpha value is -2.20. The first-order valence-electron chi connectivity index (χ1n) is 23.0. The molecule has 348 valence electrons. The fourth-order valence-electron chi connectivity index (χ4n) is 6.75. The van der Waals surface area contributed by atoms with Gasteiger partial charge in [0.05, 0.1) is 26.2 Å². The average molecular weight is 871 g/mol. The van der Waals surface area contributed by atoms with Crippen molar-refractivity contribution >= 4 is 16.4 Å². The summed E-state index contributed by atoms with van der Waals surface area (Å²) in [5.41, 5.74) is 0. The van der Waals surface area contributed by atoms with Crippen molar-refractivity contribution in [3.8, 4) is 0 Å². The molecule has 0 aromatic heterocycles. The average Bonchev–Trinajstić information content (AvgIpc) is 3.22. The van der Waals surface area contributed by atoms with Crippen LogP contribution in [0.15, 0.2) is 60.8 Å². The molecule has 13 heteroatoms. The fraction of sp³-hybridized carbons (Fsp3) is 0.766. The first kappa shape index (κ1) is 55.8. The second kappa shape index (κ2) is 38.5. The summed E-state index contributed by atoms with van der Waals surface area (Å²) in [6.45, 7) is 3.76. The number of rotatable bonds is 39. The van der Waals surface area contributed by atoms with Crippen molar-refractivity contribution in [1.82, 2.24) is 0 Å². The SMILES string of the molecule is CC/C=C\C/C=C\C/C=C\C/C=C\C/C=C\CC(=O)OC(COCCCCCCCCCCCCCCCCCCCC)COC1OC(CO)C(O)C(OS(=O)(=O)O)C1O. The molecule has 1 rings (SSSR count). The zero-order chi connectivity index (χ0) is 43.9. The van der Waals surface area contributed by atoms with Gasteiger partial charge in [-0.2, -0.15) is 8.42 Å². The van der Waals surface area contributed by atoms with E-state index >= 15 is 0 Å². The zero-order valence-corrected chi connectivity index (χ0v) is 37.8. The van der Waals surface area contributed by atoms with Gasteiger partial charge in [-0.15, -0.1) is 0 Å². The maximum Gasteiger partial charge on any atom is 0.397 e. The fourth-order valence-corrected chi connectivity index (χ4v) is 7.26. The third-order valence-electron chi connectivity index (χ3n) is 10.2. The van der Waals surface area contributed by atoms with E-state index in [-0.39, 0.29) is 19.6 Å². The van der Waals surface area contributed by atoms with Crippen molar-refractivity contribution in [3.63, 3.8) is 0 Å². The van der Waals surface area contributed by atoms with Crippen LogP contribution in [-0.2, 0) is 38.3 Å². The van der Waals surface area contributed by atoms with Crippen LogP contribution in [0.1, 0.15) is 168 Å². The van der Waals surface area contributed by atoms with Crippen molar-refractivity contribution in [2.75, 3.05) is 26.4 Å². The van der Waals surface area contributed by atoms with E-state index in [2.05, 4.69) is 60.6 Å². The largest absolute Gasteiger partial charge is 0.457 e. The summed E-state index contributed by atoms with van der Waals surface area (Å²) >= 11 is 0. The number of hydrogen-bond acceptors (Lipinski definition) is 11. The lowest BCUT2D eigenvalue weighted by Gasteiger charge is -2.41. The minimum absolute atomic E-state index is 0.00379. The number of carbonyl (C=O) groups is 1. The summed E-state index contributed by atoms with van der Waals surface area (Å²) in [6.07, 6.45) is 38.6. The highest BCUT2D eigenvalue weighted by Crippen LogP contribution is 2.26. The first-order chi connectivity index (χ1) is 29.1. The number of ether oxygens (including phenoxy) is 4. The van der Waals surface area contributed by atoms with Crippen LogP contribution in [0.4, 0.5) is 0 Å². The van der Waals surface area contributed by atoms with Gasteiger partial charge >= 0.3 is 16.4 Å². The minimum Gasteiger partial charge on any atom is -0.457 e. The number of allylic oxidation sites excluding steroid dienone is 9. The molecule has 60 heavy (non-hydrogen) atoms. The van der Waals surface area contributed by atoms with Gasteiger partial charge in [-0.3, -0.25) is 9.35 Å². The molecule has 0 amide bonds. The normalized spacial score (nSPS) is 20.8. The Kier molecular flexibility index (Phi) is 35.8. The first-order valence-corrected chi connectivity index (χ1v) is 24.4. The van der Waals surface area contributed by atoms with Crippen LogP contribution in [0.2, 0.25) is 0 Å². The van der Waals surface area contributed by atoms with Crippen LogP contribution < -0.4 is 0 Å². The maximum absolute atomic E-state index is 12.8. The Morgan fingerprint density at radius 1 is 0.633 bits per heavy atom. The van der Waals surface area contributed by atoms with E-state index in [0.717, 1.165) is 44.9 Å². The molecule has 1 saturated heterocycles. The number of aliphatic hydroxyl groups is 3. The lowest BCUT2D eigenvalue weighted by Crippen LogP contribution is -2.60. The lowest BCUT2D eigenvalue weighted by atomic mass is 9.99. The smallest absolute Gasteiger partial charge is 0.397 e. The molecule has 12 nitrogen and oxygen atoms in total. The summed E-state index contributed by atoms with van der Waals surface area (Å²) in [7, 11) is -5.07. The van der Waals surface area contributed by atoms with E-state index in [4.69, 9.17) is 23.5 Å². The molecule has 0 radical (unpaired) electrons. The van der Waals surface area contributed by atoms with Crippen LogP contribution in [0.3, 0.4) is 0 Å². The Labute approximate surface area is 363 Å². The summed E-state index contributed by atoms with van der Waals surface area (Å²) in [5.74, 6) is -0.525. The molecule has 0 aromatic carbocycles. The monoisotopic (exact) mass is 871 g/mol. The molecule has 6 unspecified atom stereocenters. The number of unbranched alkanes of at least 4 members (excludes halogenated alkanes) is 17. The van der Waals surface area contributed by atoms with Gasteiger partial charge in [0.2, 0.25) is 0 Å². The van der Waals surface area contributed by atoms with Crippen LogP contribution in [0, 0.1) is 0 Å². The molecule has 4 N–H and O–H groups in total. The minimum atomic E-state index is -5.07. The van der Waals surface area contributed by atoms with Crippen molar-refractivity contribution in [2.24, 2.45) is 0 Å². The summed E-state index contributed by atoms with van der Waals surface area (Å²) in [4.78, 5) is 12.8. The van der Waals surface area contributed by atoms with Gasteiger partial charge in [0, 0.05) is 6.61 Å². The van der Waals surface area contributed by atoms with Crippen molar-refractivity contribution in [3.05, 3.63) is 60.8 Å². The van der Waals surface area contributed by atoms with Gasteiger partial charge in [0.1, 0.15) is 30.5 Å². The maximum atomic E-state index is 12.8. The van der Waals surface area contributed by atoms with E-state index in [9.17, 15) is 28.5 Å². The van der Waals surface area contributed by atoms with Gasteiger partial charge in [0.25, 0.3) is 0 Å². The van der Waals surface area contributed by atoms with Crippen LogP contribution >= 0.6 is 0 Å².